The zero-order chi connectivity index (χ0) is 9.56. The van der Waals surface area contributed by atoms with Crippen molar-refractivity contribution in [2.24, 2.45) is 5.92 Å². The van der Waals surface area contributed by atoms with Crippen LogP contribution in [0.15, 0.2) is 11.1 Å². The van der Waals surface area contributed by atoms with Gasteiger partial charge in [-0.15, -0.1) is 0 Å². The minimum absolute atomic E-state index is 0.796. The maximum Gasteiger partial charge on any atom is 0.106 e. The molecule has 0 radical (unpaired) electrons. The Bertz CT molecular complexity index is 147. The van der Waals surface area contributed by atoms with E-state index in [-0.39, 0.29) is 0 Å². The second-order valence-corrected chi connectivity index (χ2v) is 3.50. The average molecular weight is 159 g/mol. The van der Waals surface area contributed by atoms with Crippen LogP contribution in [0.1, 0.15) is 6.92 Å². The molecule has 4 heteroatoms. The fourth-order valence-corrected chi connectivity index (χ4v) is 1.90. The van der Waals surface area contributed by atoms with Crippen LogP contribution in [-0.4, -0.2) is 31.4 Å². The van der Waals surface area contributed by atoms with Gasteiger partial charge in [-0.3, -0.25) is 0 Å². The molecular weight excluding hydrogens is 139 g/mol. The molecule has 0 aliphatic rings. The molecule has 0 aromatic rings. The normalized spacial score (nSPS) is 12.4. The van der Waals surface area contributed by atoms with Gasteiger partial charge in [0.2, 0.25) is 0 Å². The molecule has 0 rings (SSSR count). The number of hydrogen-bond acceptors (Lipinski definition) is 0. The van der Waals surface area contributed by atoms with Gasteiger partial charge in [-0.25, -0.2) is 0 Å². The first-order valence-corrected chi connectivity index (χ1v) is 5.41. The van der Waals surface area contributed by atoms with E-state index in [1.165, 1.54) is 25.3 Å². The van der Waals surface area contributed by atoms with Crippen LogP contribution in [-0.2, 0) is 0 Å². The van der Waals surface area contributed by atoms with Gasteiger partial charge in [-0.1, -0.05) is 43.4 Å². The van der Waals surface area contributed by atoms with Crippen molar-refractivity contribution >= 4 is 31.4 Å². The van der Waals surface area contributed by atoms with Gasteiger partial charge in [0.15, 0.2) is 0 Å². The first-order valence-electron chi connectivity index (χ1n) is 5.41. The highest BCUT2D eigenvalue weighted by molar-refractivity contribution is 6.15. The Kier molecular flexibility index (Phi) is 6.51. The first kappa shape index (κ1) is 12.0. The Morgan fingerprint density at radius 1 is 1.00 bits per heavy atom. The second-order valence-electron chi connectivity index (χ2n) is 3.50. The Morgan fingerprint density at radius 2 is 1.50 bits per heavy atom. The molecule has 0 spiro atoms. The predicted octanol–water partition coefficient (Wildman–Crippen LogP) is -0.875. The summed E-state index contributed by atoms with van der Waals surface area (Å²) in [4.78, 5) is 0. The SMILES string of the molecule is BCC(CB)=C(CB)C(C)CB. The van der Waals surface area contributed by atoms with Crippen LogP contribution in [0.25, 0.3) is 0 Å². The maximum absolute atomic E-state index is 2.35. The highest BCUT2D eigenvalue weighted by Gasteiger charge is 2.07. The van der Waals surface area contributed by atoms with E-state index in [9.17, 15) is 0 Å². The van der Waals surface area contributed by atoms with Crippen LogP contribution in [0, 0.1) is 5.92 Å². The molecule has 0 fully saturated rings. The van der Waals surface area contributed by atoms with Gasteiger partial charge in [-0.05, 0) is 5.92 Å². The van der Waals surface area contributed by atoms with E-state index in [1.807, 2.05) is 0 Å². The minimum Gasteiger partial charge on any atom is -0.0872 e. The van der Waals surface area contributed by atoms with Crippen molar-refractivity contribution in [2.45, 2.75) is 32.2 Å². The molecule has 0 amide bonds. The van der Waals surface area contributed by atoms with E-state index in [0.717, 1.165) is 5.92 Å². The summed E-state index contributed by atoms with van der Waals surface area (Å²) >= 11 is 0. The second kappa shape index (κ2) is 6.51. The molecule has 0 saturated heterocycles. The number of allylic oxidation sites excluding steroid dienone is 2. The van der Waals surface area contributed by atoms with Gasteiger partial charge in [0.05, 0.1) is 0 Å². The van der Waals surface area contributed by atoms with Crippen molar-refractivity contribution in [3.05, 3.63) is 11.1 Å². The van der Waals surface area contributed by atoms with E-state index >= 15 is 0 Å². The summed E-state index contributed by atoms with van der Waals surface area (Å²) in [5.41, 5.74) is 3.40. The van der Waals surface area contributed by atoms with Crippen molar-refractivity contribution in [1.29, 1.82) is 0 Å². The standard InChI is InChI=1S/C8H20B4/c1-6(2-9)8(5-12)7(3-10)4-11/h6H,2-5,9-12H2,1H3. The van der Waals surface area contributed by atoms with Gasteiger partial charge in [0.25, 0.3) is 0 Å². The van der Waals surface area contributed by atoms with Crippen LogP contribution in [0.4, 0.5) is 0 Å². The van der Waals surface area contributed by atoms with E-state index in [2.05, 4.69) is 38.3 Å². The molecule has 0 aromatic heterocycles. The monoisotopic (exact) mass is 160 g/mol. The third-order valence-electron chi connectivity index (χ3n) is 2.90. The van der Waals surface area contributed by atoms with Gasteiger partial charge in [-0.2, -0.15) is 0 Å². The van der Waals surface area contributed by atoms with Crippen LogP contribution < -0.4 is 0 Å². The molecule has 0 bridgehead atoms. The number of rotatable bonds is 5. The molecule has 0 N–H and O–H groups in total. The van der Waals surface area contributed by atoms with Crippen LogP contribution in [0.2, 0.25) is 25.3 Å². The lowest BCUT2D eigenvalue weighted by Gasteiger charge is -2.17. The summed E-state index contributed by atoms with van der Waals surface area (Å²) in [6.07, 6.45) is 5.01. The minimum atomic E-state index is 0.796. The highest BCUT2D eigenvalue weighted by atomic mass is 14.1. The van der Waals surface area contributed by atoms with E-state index in [1.54, 1.807) is 11.1 Å². The third-order valence-corrected chi connectivity index (χ3v) is 2.90. The van der Waals surface area contributed by atoms with Gasteiger partial charge in [0, 0.05) is 0 Å². The van der Waals surface area contributed by atoms with Gasteiger partial charge in [0.1, 0.15) is 31.4 Å². The van der Waals surface area contributed by atoms with Crippen molar-refractivity contribution in [1.82, 2.24) is 0 Å². The summed E-state index contributed by atoms with van der Waals surface area (Å²) in [5.74, 6) is 0.796. The zero-order valence-electron chi connectivity index (χ0n) is 9.41. The molecule has 0 heterocycles. The van der Waals surface area contributed by atoms with E-state index in [0.29, 0.717) is 0 Å². The van der Waals surface area contributed by atoms with Crippen molar-refractivity contribution in [2.75, 3.05) is 0 Å². The molecule has 1 atom stereocenters. The lowest BCUT2D eigenvalue weighted by Crippen LogP contribution is -2.03. The van der Waals surface area contributed by atoms with Crippen LogP contribution in [0.5, 0.6) is 0 Å². The van der Waals surface area contributed by atoms with Crippen molar-refractivity contribution in [3.8, 4) is 0 Å². The van der Waals surface area contributed by atoms with Crippen LogP contribution in [0.3, 0.4) is 0 Å². The van der Waals surface area contributed by atoms with Crippen LogP contribution >= 0.6 is 0 Å². The molecule has 64 valence electrons. The molecular formula is C8H20B4. The van der Waals surface area contributed by atoms with Crippen molar-refractivity contribution < 1.29 is 0 Å². The summed E-state index contributed by atoms with van der Waals surface area (Å²) in [5, 5.41) is 0. The lowest BCUT2D eigenvalue weighted by molar-refractivity contribution is 0.754. The maximum atomic E-state index is 2.35. The summed E-state index contributed by atoms with van der Waals surface area (Å²) in [6.45, 7) is 2.35. The number of hydrogen-bond donors (Lipinski definition) is 0. The molecule has 0 aromatic carbocycles. The smallest absolute Gasteiger partial charge is 0.0872 e. The summed E-state index contributed by atoms with van der Waals surface area (Å²) in [6, 6.07) is 0. The highest BCUT2D eigenvalue weighted by Crippen LogP contribution is 2.24. The van der Waals surface area contributed by atoms with Crippen molar-refractivity contribution in [3.63, 3.8) is 0 Å². The topological polar surface area (TPSA) is 0 Å². The fraction of sp³-hybridized carbons (Fsp3) is 0.750. The largest absolute Gasteiger partial charge is 0.106 e. The van der Waals surface area contributed by atoms with E-state index in [4.69, 9.17) is 0 Å². The Balaban J connectivity index is 4.56. The summed E-state index contributed by atoms with van der Waals surface area (Å²) in [7, 11) is 9.11. The summed E-state index contributed by atoms with van der Waals surface area (Å²) < 4.78 is 0. The predicted molar refractivity (Wildman–Crippen MR) is 69.6 cm³/mol. The molecule has 12 heavy (non-hydrogen) atoms. The fourth-order valence-electron chi connectivity index (χ4n) is 1.90. The Morgan fingerprint density at radius 3 is 1.75 bits per heavy atom. The van der Waals surface area contributed by atoms with Gasteiger partial charge >= 0.3 is 0 Å². The Labute approximate surface area is 81.2 Å². The lowest BCUT2D eigenvalue weighted by atomic mass is 9.73. The van der Waals surface area contributed by atoms with E-state index < -0.39 is 0 Å². The third kappa shape index (κ3) is 3.16. The quantitative estimate of drug-likeness (QED) is 0.361. The Hall–Kier alpha value is -0.000260. The average Bonchev–Trinajstić information content (AvgIpc) is 2.12. The molecule has 0 aliphatic heterocycles. The zero-order valence-corrected chi connectivity index (χ0v) is 9.41. The molecule has 0 aliphatic carbocycles. The molecule has 1 unspecified atom stereocenters. The first-order chi connectivity index (χ1) is 5.71. The molecule has 0 nitrogen and oxygen atoms in total. The van der Waals surface area contributed by atoms with Gasteiger partial charge < -0.3 is 0 Å². The molecule has 0 saturated carbocycles.